The summed E-state index contributed by atoms with van der Waals surface area (Å²) in [6.45, 7) is 4.32. The fourth-order valence-electron chi connectivity index (χ4n) is 3.19. The first kappa shape index (κ1) is 14.9. The minimum Gasteiger partial charge on any atom is -0.369 e. The highest BCUT2D eigenvalue weighted by Crippen LogP contribution is 2.22. The molecule has 2 heterocycles. The van der Waals surface area contributed by atoms with E-state index in [0.717, 1.165) is 49.2 Å². The minimum atomic E-state index is 0.665. The van der Waals surface area contributed by atoms with Gasteiger partial charge in [-0.1, -0.05) is 0 Å². The van der Waals surface area contributed by atoms with Gasteiger partial charge < -0.3 is 9.80 Å². The lowest BCUT2D eigenvalue weighted by atomic mass is 10.2. The Hall–Kier alpha value is -2.66. The van der Waals surface area contributed by atoms with Crippen LogP contribution in [-0.4, -0.2) is 54.0 Å². The molecule has 2 aromatic carbocycles. The average Bonchev–Trinajstić information content (AvgIpc) is 3.05. The fraction of sp³-hybridized carbons (Fsp3) is 0.263. The van der Waals surface area contributed by atoms with Crippen molar-refractivity contribution in [1.82, 2.24) is 14.5 Å². The molecule has 122 valence electrons. The summed E-state index contributed by atoms with van der Waals surface area (Å²) < 4.78 is 2.02. The molecule has 1 aliphatic heterocycles. The van der Waals surface area contributed by atoms with Gasteiger partial charge in [0.05, 0.1) is 11.0 Å². The second-order valence-corrected chi connectivity index (χ2v) is 6.29. The molecule has 24 heavy (non-hydrogen) atoms. The Morgan fingerprint density at radius 1 is 0.958 bits per heavy atom. The zero-order valence-corrected chi connectivity index (χ0v) is 13.7. The normalized spacial score (nSPS) is 15.8. The number of carbonyl (C=O) groups excluding carboxylic acids is 1. The molecule has 1 saturated heterocycles. The molecule has 0 saturated carbocycles. The topological polar surface area (TPSA) is 41.4 Å². The predicted molar refractivity (Wildman–Crippen MR) is 96.2 cm³/mol. The molecule has 0 radical (unpaired) electrons. The molecule has 1 fully saturated rings. The number of aldehydes is 1. The van der Waals surface area contributed by atoms with Crippen LogP contribution in [0.2, 0.25) is 0 Å². The Balaban J connectivity index is 1.64. The van der Waals surface area contributed by atoms with E-state index in [2.05, 4.69) is 46.1 Å². The van der Waals surface area contributed by atoms with Crippen LogP contribution in [0.5, 0.6) is 0 Å². The third kappa shape index (κ3) is 2.67. The number of piperazine rings is 1. The van der Waals surface area contributed by atoms with Gasteiger partial charge in [-0.2, -0.15) is 0 Å². The second kappa shape index (κ2) is 6.09. The van der Waals surface area contributed by atoms with Gasteiger partial charge in [0.25, 0.3) is 0 Å². The number of rotatable bonds is 3. The number of anilines is 1. The number of hydrogen-bond donors (Lipinski definition) is 0. The minimum absolute atomic E-state index is 0.665. The molecule has 0 spiro atoms. The van der Waals surface area contributed by atoms with Crippen LogP contribution in [0.15, 0.2) is 48.8 Å². The standard InChI is InChI=1S/C19H20N4O/c1-21-8-10-22(11-9-21)16-3-5-17(6-4-16)23-14-20-18-7-2-15(13-24)12-19(18)23/h2-7,12-14H,8-11H2,1H3. The first-order chi connectivity index (χ1) is 11.7. The van der Waals surface area contributed by atoms with Gasteiger partial charge in [0.2, 0.25) is 0 Å². The van der Waals surface area contributed by atoms with Gasteiger partial charge in [-0.25, -0.2) is 4.98 Å². The number of benzene rings is 2. The van der Waals surface area contributed by atoms with Crippen molar-refractivity contribution in [2.75, 3.05) is 38.1 Å². The van der Waals surface area contributed by atoms with Crippen LogP contribution >= 0.6 is 0 Å². The zero-order valence-electron chi connectivity index (χ0n) is 13.7. The van der Waals surface area contributed by atoms with Gasteiger partial charge in [-0.3, -0.25) is 9.36 Å². The molecule has 5 heteroatoms. The second-order valence-electron chi connectivity index (χ2n) is 6.29. The number of fused-ring (bicyclic) bond motifs is 1. The van der Waals surface area contributed by atoms with E-state index in [-0.39, 0.29) is 0 Å². The van der Waals surface area contributed by atoms with Crippen LogP contribution in [0, 0.1) is 0 Å². The molecule has 0 aliphatic carbocycles. The van der Waals surface area contributed by atoms with Crippen molar-refractivity contribution in [1.29, 1.82) is 0 Å². The van der Waals surface area contributed by atoms with E-state index in [0.29, 0.717) is 5.56 Å². The Labute approximate surface area is 141 Å². The third-order valence-corrected chi connectivity index (χ3v) is 4.70. The Morgan fingerprint density at radius 2 is 1.67 bits per heavy atom. The lowest BCUT2D eigenvalue weighted by molar-refractivity contribution is 0.112. The van der Waals surface area contributed by atoms with Gasteiger partial charge in [0.15, 0.2) is 0 Å². The van der Waals surface area contributed by atoms with Gasteiger partial charge in [0.1, 0.15) is 12.6 Å². The smallest absolute Gasteiger partial charge is 0.150 e. The highest BCUT2D eigenvalue weighted by Gasteiger charge is 2.14. The molecule has 0 atom stereocenters. The Kier molecular flexibility index (Phi) is 3.78. The number of carbonyl (C=O) groups is 1. The van der Waals surface area contributed by atoms with Gasteiger partial charge >= 0.3 is 0 Å². The molecular formula is C19H20N4O. The number of hydrogen-bond acceptors (Lipinski definition) is 4. The van der Waals surface area contributed by atoms with Crippen LogP contribution in [-0.2, 0) is 0 Å². The van der Waals surface area contributed by atoms with Crippen molar-refractivity contribution in [3.05, 3.63) is 54.4 Å². The fourth-order valence-corrected chi connectivity index (χ4v) is 3.19. The quantitative estimate of drug-likeness (QED) is 0.696. The summed E-state index contributed by atoms with van der Waals surface area (Å²) in [4.78, 5) is 20.2. The molecular weight excluding hydrogens is 300 g/mol. The molecule has 0 bridgehead atoms. The van der Waals surface area contributed by atoms with Crippen LogP contribution in [0.25, 0.3) is 16.7 Å². The van der Waals surface area contributed by atoms with E-state index in [9.17, 15) is 4.79 Å². The summed E-state index contributed by atoms with van der Waals surface area (Å²) in [5.41, 5.74) is 4.82. The Morgan fingerprint density at radius 3 is 2.38 bits per heavy atom. The summed E-state index contributed by atoms with van der Waals surface area (Å²) in [7, 11) is 2.16. The highest BCUT2D eigenvalue weighted by atomic mass is 16.1. The first-order valence-corrected chi connectivity index (χ1v) is 8.21. The van der Waals surface area contributed by atoms with Crippen molar-refractivity contribution in [2.24, 2.45) is 0 Å². The third-order valence-electron chi connectivity index (χ3n) is 4.70. The van der Waals surface area contributed by atoms with E-state index in [1.165, 1.54) is 5.69 Å². The first-order valence-electron chi connectivity index (χ1n) is 8.21. The van der Waals surface area contributed by atoms with Crippen molar-refractivity contribution >= 4 is 23.0 Å². The largest absolute Gasteiger partial charge is 0.369 e. The molecule has 3 aromatic rings. The Bertz CT molecular complexity index is 861. The maximum absolute atomic E-state index is 11.0. The van der Waals surface area contributed by atoms with Gasteiger partial charge in [-0.05, 0) is 49.5 Å². The molecule has 0 amide bonds. The summed E-state index contributed by atoms with van der Waals surface area (Å²) in [5, 5.41) is 0. The number of imidazole rings is 1. The summed E-state index contributed by atoms with van der Waals surface area (Å²) in [5.74, 6) is 0. The summed E-state index contributed by atoms with van der Waals surface area (Å²) >= 11 is 0. The molecule has 0 unspecified atom stereocenters. The van der Waals surface area contributed by atoms with Crippen LogP contribution < -0.4 is 4.90 Å². The van der Waals surface area contributed by atoms with E-state index in [4.69, 9.17) is 0 Å². The van der Waals surface area contributed by atoms with Gasteiger partial charge in [-0.15, -0.1) is 0 Å². The summed E-state index contributed by atoms with van der Waals surface area (Å²) in [6, 6.07) is 14.1. The van der Waals surface area contributed by atoms with Crippen molar-refractivity contribution in [3.8, 4) is 5.69 Å². The van der Waals surface area contributed by atoms with Crippen molar-refractivity contribution in [3.63, 3.8) is 0 Å². The molecule has 0 N–H and O–H groups in total. The lowest BCUT2D eigenvalue weighted by Crippen LogP contribution is -2.44. The van der Waals surface area contributed by atoms with E-state index < -0.39 is 0 Å². The molecule has 1 aromatic heterocycles. The van der Waals surface area contributed by atoms with Crippen LogP contribution in [0.3, 0.4) is 0 Å². The predicted octanol–water partition coefficient (Wildman–Crippen LogP) is 2.59. The molecule has 4 rings (SSSR count). The monoisotopic (exact) mass is 320 g/mol. The van der Waals surface area contributed by atoms with Gasteiger partial charge in [0, 0.05) is 43.1 Å². The van der Waals surface area contributed by atoms with Crippen LogP contribution in [0.1, 0.15) is 10.4 Å². The number of nitrogens with zero attached hydrogens (tertiary/aromatic N) is 4. The van der Waals surface area contributed by atoms with Crippen molar-refractivity contribution in [2.45, 2.75) is 0 Å². The lowest BCUT2D eigenvalue weighted by Gasteiger charge is -2.34. The number of aromatic nitrogens is 2. The molecule has 5 nitrogen and oxygen atoms in total. The maximum atomic E-state index is 11.0. The SMILES string of the molecule is CN1CCN(c2ccc(-n3cnc4ccc(C=O)cc43)cc2)CC1. The summed E-state index contributed by atoms with van der Waals surface area (Å²) in [6.07, 6.45) is 2.68. The van der Waals surface area contributed by atoms with Crippen molar-refractivity contribution < 1.29 is 4.79 Å². The number of likely N-dealkylation sites (N-methyl/N-ethyl adjacent to an activating group) is 1. The van der Waals surface area contributed by atoms with E-state index in [1.807, 2.05) is 23.0 Å². The van der Waals surface area contributed by atoms with Crippen LogP contribution in [0.4, 0.5) is 5.69 Å². The average molecular weight is 320 g/mol. The highest BCUT2D eigenvalue weighted by molar-refractivity contribution is 5.86. The van der Waals surface area contributed by atoms with E-state index in [1.54, 1.807) is 6.07 Å². The van der Waals surface area contributed by atoms with E-state index >= 15 is 0 Å². The molecule has 1 aliphatic rings. The zero-order chi connectivity index (χ0) is 16.5. The maximum Gasteiger partial charge on any atom is 0.150 e.